The fourth-order valence-electron chi connectivity index (χ4n) is 1.97. The number of carbonyl (C=O) groups is 1. The van der Waals surface area contributed by atoms with Crippen LogP contribution in [0, 0.1) is 6.92 Å². The number of H-pyrrole nitrogens is 1. The predicted molar refractivity (Wildman–Crippen MR) is 70.1 cm³/mol. The summed E-state index contributed by atoms with van der Waals surface area (Å²) in [5.74, 6) is -0.269. The smallest absolute Gasteiger partial charge is 0.276 e. The fraction of sp³-hybridized carbons (Fsp3) is 0.600. The topological polar surface area (TPSA) is 112 Å². The molecule has 1 aromatic heterocycles. The number of anilines is 1. The molecule has 1 aliphatic rings. The number of aromatic amines is 1. The van der Waals surface area contributed by atoms with Crippen LogP contribution >= 0.6 is 0 Å². The number of aryl methyl sites for hydroxylation is 1. The van der Waals surface area contributed by atoms with Gasteiger partial charge in [-0.15, -0.1) is 0 Å². The lowest BCUT2D eigenvalue weighted by atomic mass is 10.2. The van der Waals surface area contributed by atoms with Crippen molar-refractivity contribution in [3.8, 4) is 0 Å². The minimum absolute atomic E-state index is 0.199. The van der Waals surface area contributed by atoms with Crippen LogP contribution in [0.15, 0.2) is 0 Å². The van der Waals surface area contributed by atoms with Crippen LogP contribution < -0.4 is 5.73 Å². The van der Waals surface area contributed by atoms with E-state index in [1.165, 1.54) is 10.6 Å². The zero-order valence-electron chi connectivity index (χ0n) is 10.9. The van der Waals surface area contributed by atoms with Gasteiger partial charge in [0, 0.05) is 26.2 Å². The number of carbonyl (C=O) groups excluding carboxylic acids is 1. The molecular weight excluding hydrogens is 270 g/mol. The highest BCUT2D eigenvalue weighted by Gasteiger charge is 2.28. The van der Waals surface area contributed by atoms with Crippen LogP contribution in [0.5, 0.6) is 0 Å². The number of hydrogen-bond donors (Lipinski definition) is 2. The number of nitrogen functional groups attached to an aromatic ring is 1. The van der Waals surface area contributed by atoms with E-state index in [0.717, 1.165) is 0 Å². The van der Waals surface area contributed by atoms with E-state index in [1.54, 1.807) is 11.8 Å². The van der Waals surface area contributed by atoms with Crippen LogP contribution in [0.25, 0.3) is 0 Å². The van der Waals surface area contributed by atoms with E-state index in [-0.39, 0.29) is 11.6 Å². The standard InChI is InChI=1S/C10H17N5O3S/c1-7-8(11)9(13-12-7)10(16)14-3-5-15(6-4-14)19(2,17)18/h3-6,11H2,1-2H3,(H,12,13). The van der Waals surface area contributed by atoms with Gasteiger partial charge in [0.1, 0.15) is 0 Å². The molecule has 0 radical (unpaired) electrons. The molecule has 19 heavy (non-hydrogen) atoms. The first-order valence-electron chi connectivity index (χ1n) is 5.85. The third kappa shape index (κ3) is 2.71. The normalized spacial score (nSPS) is 17.7. The van der Waals surface area contributed by atoms with Crippen LogP contribution in [0.2, 0.25) is 0 Å². The summed E-state index contributed by atoms with van der Waals surface area (Å²) in [5, 5.41) is 6.55. The third-order valence-electron chi connectivity index (χ3n) is 3.19. The molecule has 106 valence electrons. The average molecular weight is 287 g/mol. The number of hydrogen-bond acceptors (Lipinski definition) is 5. The first-order valence-corrected chi connectivity index (χ1v) is 7.70. The summed E-state index contributed by atoms with van der Waals surface area (Å²) in [6, 6.07) is 0. The van der Waals surface area contributed by atoms with Crippen molar-refractivity contribution in [1.29, 1.82) is 0 Å². The van der Waals surface area contributed by atoms with Crippen molar-refractivity contribution in [3.05, 3.63) is 11.4 Å². The molecule has 1 aliphatic heterocycles. The van der Waals surface area contributed by atoms with E-state index in [4.69, 9.17) is 5.73 Å². The molecule has 0 aromatic carbocycles. The molecular formula is C10H17N5O3S. The summed E-state index contributed by atoms with van der Waals surface area (Å²) in [5.41, 5.74) is 6.95. The molecule has 2 rings (SSSR count). The van der Waals surface area contributed by atoms with Crippen LogP contribution in [0.1, 0.15) is 16.2 Å². The van der Waals surface area contributed by atoms with Crippen LogP contribution in [-0.2, 0) is 10.0 Å². The predicted octanol–water partition coefficient (Wildman–Crippen LogP) is -0.982. The molecule has 2 heterocycles. The third-order valence-corrected chi connectivity index (χ3v) is 4.50. The second-order valence-corrected chi connectivity index (χ2v) is 6.55. The molecule has 0 bridgehead atoms. The van der Waals surface area contributed by atoms with Crippen LogP contribution in [-0.4, -0.2) is 66.2 Å². The summed E-state index contributed by atoms with van der Waals surface area (Å²) >= 11 is 0. The van der Waals surface area contributed by atoms with Gasteiger partial charge in [-0.3, -0.25) is 9.89 Å². The van der Waals surface area contributed by atoms with Crippen molar-refractivity contribution in [2.24, 2.45) is 0 Å². The minimum atomic E-state index is -3.19. The van der Waals surface area contributed by atoms with Crippen LogP contribution in [0.4, 0.5) is 5.69 Å². The van der Waals surface area contributed by atoms with E-state index in [1.807, 2.05) is 0 Å². The molecule has 1 saturated heterocycles. The highest BCUT2D eigenvalue weighted by Crippen LogP contribution is 2.16. The Kier molecular flexibility index (Phi) is 3.50. The number of amides is 1. The van der Waals surface area contributed by atoms with E-state index < -0.39 is 10.0 Å². The van der Waals surface area contributed by atoms with E-state index >= 15 is 0 Å². The molecule has 0 aliphatic carbocycles. The van der Waals surface area contributed by atoms with Gasteiger partial charge in [0.25, 0.3) is 5.91 Å². The maximum Gasteiger partial charge on any atom is 0.276 e. The molecule has 0 spiro atoms. The van der Waals surface area contributed by atoms with Gasteiger partial charge in [0.2, 0.25) is 10.0 Å². The summed E-state index contributed by atoms with van der Waals surface area (Å²) in [4.78, 5) is 13.7. The molecule has 1 aromatic rings. The van der Waals surface area contributed by atoms with Gasteiger partial charge < -0.3 is 10.6 Å². The van der Waals surface area contributed by atoms with Gasteiger partial charge in [-0.05, 0) is 6.92 Å². The van der Waals surface area contributed by atoms with Crippen molar-refractivity contribution in [2.75, 3.05) is 38.2 Å². The first kappa shape index (κ1) is 13.8. The van der Waals surface area contributed by atoms with E-state index in [9.17, 15) is 13.2 Å². The summed E-state index contributed by atoms with van der Waals surface area (Å²) < 4.78 is 24.1. The fourth-order valence-corrected chi connectivity index (χ4v) is 2.80. The Morgan fingerprint density at radius 2 is 1.89 bits per heavy atom. The summed E-state index contributed by atoms with van der Waals surface area (Å²) in [7, 11) is -3.19. The second kappa shape index (κ2) is 4.82. The number of nitrogens with two attached hydrogens (primary N) is 1. The van der Waals surface area contributed by atoms with Crippen molar-refractivity contribution >= 4 is 21.6 Å². The Morgan fingerprint density at radius 3 is 2.32 bits per heavy atom. The second-order valence-electron chi connectivity index (χ2n) is 4.57. The quantitative estimate of drug-likeness (QED) is 0.726. The SMILES string of the molecule is Cc1[nH]nc(C(=O)N2CCN(S(C)(=O)=O)CC2)c1N. The summed E-state index contributed by atoms with van der Waals surface area (Å²) in [6.07, 6.45) is 1.17. The maximum absolute atomic E-state index is 12.2. The van der Waals surface area contributed by atoms with E-state index in [0.29, 0.717) is 37.6 Å². The molecule has 9 heteroatoms. The Labute approximate surface area is 111 Å². The summed E-state index contributed by atoms with van der Waals surface area (Å²) in [6.45, 7) is 3.02. The lowest BCUT2D eigenvalue weighted by molar-refractivity contribution is 0.0693. The highest BCUT2D eigenvalue weighted by atomic mass is 32.2. The van der Waals surface area contributed by atoms with E-state index in [2.05, 4.69) is 10.2 Å². The van der Waals surface area contributed by atoms with Gasteiger partial charge >= 0.3 is 0 Å². The van der Waals surface area contributed by atoms with Crippen molar-refractivity contribution < 1.29 is 13.2 Å². The molecule has 3 N–H and O–H groups in total. The minimum Gasteiger partial charge on any atom is -0.395 e. The Bertz CT molecular complexity index is 586. The molecule has 1 amide bonds. The first-order chi connectivity index (χ1) is 8.80. The van der Waals surface area contributed by atoms with Crippen molar-refractivity contribution in [3.63, 3.8) is 0 Å². The molecule has 0 saturated carbocycles. The number of piperazine rings is 1. The number of sulfonamides is 1. The lowest BCUT2D eigenvalue weighted by Gasteiger charge is -2.32. The number of rotatable bonds is 2. The number of aromatic nitrogens is 2. The Balaban J connectivity index is 2.06. The monoisotopic (exact) mass is 287 g/mol. The van der Waals surface area contributed by atoms with Gasteiger partial charge in [0.15, 0.2) is 5.69 Å². The lowest BCUT2D eigenvalue weighted by Crippen LogP contribution is -2.50. The Hall–Kier alpha value is -1.61. The molecule has 8 nitrogen and oxygen atoms in total. The highest BCUT2D eigenvalue weighted by molar-refractivity contribution is 7.88. The molecule has 1 fully saturated rings. The number of nitrogens with zero attached hydrogens (tertiary/aromatic N) is 3. The largest absolute Gasteiger partial charge is 0.395 e. The average Bonchev–Trinajstić information content (AvgIpc) is 2.68. The van der Waals surface area contributed by atoms with Gasteiger partial charge in [-0.1, -0.05) is 0 Å². The van der Waals surface area contributed by atoms with Crippen LogP contribution in [0.3, 0.4) is 0 Å². The van der Waals surface area contributed by atoms with Gasteiger partial charge in [0.05, 0.1) is 17.6 Å². The molecule has 0 unspecified atom stereocenters. The zero-order valence-corrected chi connectivity index (χ0v) is 11.7. The maximum atomic E-state index is 12.2. The zero-order chi connectivity index (χ0) is 14.2. The van der Waals surface area contributed by atoms with Crippen molar-refractivity contribution in [1.82, 2.24) is 19.4 Å². The van der Waals surface area contributed by atoms with Gasteiger partial charge in [-0.25, -0.2) is 8.42 Å². The van der Waals surface area contributed by atoms with Gasteiger partial charge in [-0.2, -0.15) is 9.40 Å². The molecule has 0 atom stereocenters. The Morgan fingerprint density at radius 1 is 1.32 bits per heavy atom. The number of nitrogens with one attached hydrogen (secondary N) is 1. The van der Waals surface area contributed by atoms with Crippen molar-refractivity contribution in [2.45, 2.75) is 6.92 Å².